The van der Waals surface area contributed by atoms with Crippen molar-refractivity contribution in [2.75, 3.05) is 0 Å². The molecule has 120 valence electrons. The molecule has 2 nitrogen and oxygen atoms in total. The van der Waals surface area contributed by atoms with Crippen molar-refractivity contribution in [3.63, 3.8) is 0 Å². The third-order valence-electron chi connectivity index (χ3n) is 4.36. The Morgan fingerprint density at radius 3 is 2.43 bits per heavy atom. The van der Waals surface area contributed by atoms with Gasteiger partial charge in [-0.2, -0.15) is 0 Å². The Hall–Kier alpha value is -2.16. The van der Waals surface area contributed by atoms with Crippen molar-refractivity contribution >= 4 is 21.7 Å². The lowest BCUT2D eigenvalue weighted by atomic mass is 10.0. The Morgan fingerprint density at radius 2 is 1.65 bits per heavy atom. The fourth-order valence-electron chi connectivity index (χ4n) is 3.06. The SMILES string of the molecule is CCCCCCCc1ccc2c(oc(=O)c3ccccc32)c1F. The highest BCUT2D eigenvalue weighted by atomic mass is 19.1. The van der Waals surface area contributed by atoms with E-state index in [0.717, 1.165) is 18.2 Å². The van der Waals surface area contributed by atoms with Crippen LogP contribution in [0.5, 0.6) is 0 Å². The van der Waals surface area contributed by atoms with Gasteiger partial charge in [-0.3, -0.25) is 0 Å². The summed E-state index contributed by atoms with van der Waals surface area (Å²) in [5, 5.41) is 1.89. The quantitative estimate of drug-likeness (QED) is 0.337. The van der Waals surface area contributed by atoms with Crippen molar-refractivity contribution in [3.05, 3.63) is 58.2 Å². The second-order valence-corrected chi connectivity index (χ2v) is 6.01. The van der Waals surface area contributed by atoms with E-state index in [2.05, 4.69) is 6.92 Å². The number of halogens is 1. The van der Waals surface area contributed by atoms with E-state index >= 15 is 0 Å². The molecule has 0 aliphatic rings. The molecule has 3 heteroatoms. The molecule has 0 bridgehead atoms. The minimum absolute atomic E-state index is 0.0831. The van der Waals surface area contributed by atoms with E-state index in [4.69, 9.17) is 4.42 Å². The lowest BCUT2D eigenvalue weighted by molar-refractivity contribution is 0.521. The van der Waals surface area contributed by atoms with Crippen LogP contribution in [0.4, 0.5) is 4.39 Å². The van der Waals surface area contributed by atoms with Crippen molar-refractivity contribution in [2.24, 2.45) is 0 Å². The van der Waals surface area contributed by atoms with Crippen molar-refractivity contribution in [1.29, 1.82) is 0 Å². The van der Waals surface area contributed by atoms with Gasteiger partial charge in [0.1, 0.15) is 0 Å². The summed E-state index contributed by atoms with van der Waals surface area (Å²) in [5.74, 6) is -0.388. The summed E-state index contributed by atoms with van der Waals surface area (Å²) in [4.78, 5) is 12.1. The summed E-state index contributed by atoms with van der Waals surface area (Å²) >= 11 is 0. The van der Waals surface area contributed by atoms with Gasteiger partial charge in [0, 0.05) is 10.8 Å². The van der Waals surface area contributed by atoms with E-state index in [0.29, 0.717) is 22.8 Å². The molecule has 0 atom stereocenters. The average molecular weight is 312 g/mol. The number of benzene rings is 2. The first-order valence-corrected chi connectivity index (χ1v) is 8.35. The van der Waals surface area contributed by atoms with E-state index < -0.39 is 5.63 Å². The van der Waals surface area contributed by atoms with E-state index in [1.54, 1.807) is 12.1 Å². The second kappa shape index (κ2) is 6.95. The summed E-state index contributed by atoms with van der Waals surface area (Å²) in [7, 11) is 0. The number of unbranched alkanes of at least 4 members (excludes halogenated alkanes) is 4. The molecule has 3 aromatic rings. The van der Waals surface area contributed by atoms with Gasteiger partial charge in [-0.25, -0.2) is 9.18 Å². The fraction of sp³-hybridized carbons (Fsp3) is 0.350. The first-order chi connectivity index (χ1) is 11.2. The van der Waals surface area contributed by atoms with Crippen molar-refractivity contribution < 1.29 is 8.81 Å². The van der Waals surface area contributed by atoms with Gasteiger partial charge in [0.05, 0.1) is 5.39 Å². The van der Waals surface area contributed by atoms with Crippen LogP contribution in [0.15, 0.2) is 45.6 Å². The Morgan fingerprint density at radius 1 is 0.913 bits per heavy atom. The normalized spacial score (nSPS) is 11.4. The summed E-state index contributed by atoms with van der Waals surface area (Å²) < 4.78 is 20.0. The van der Waals surface area contributed by atoms with Crippen LogP contribution in [-0.2, 0) is 6.42 Å². The number of fused-ring (bicyclic) bond motifs is 3. The van der Waals surface area contributed by atoms with Crippen LogP contribution in [-0.4, -0.2) is 0 Å². The van der Waals surface area contributed by atoms with Crippen molar-refractivity contribution in [1.82, 2.24) is 0 Å². The molecular weight excluding hydrogens is 291 g/mol. The molecule has 0 saturated heterocycles. The number of rotatable bonds is 6. The molecule has 0 unspecified atom stereocenters. The fourth-order valence-corrected chi connectivity index (χ4v) is 3.06. The predicted molar refractivity (Wildman–Crippen MR) is 92.4 cm³/mol. The number of aryl methyl sites for hydroxylation is 1. The van der Waals surface area contributed by atoms with Crippen molar-refractivity contribution in [2.45, 2.75) is 45.4 Å². The van der Waals surface area contributed by atoms with Crippen LogP contribution in [0.25, 0.3) is 21.7 Å². The molecule has 0 fully saturated rings. The minimum atomic E-state index is -0.480. The average Bonchev–Trinajstić information content (AvgIpc) is 2.57. The molecule has 23 heavy (non-hydrogen) atoms. The summed E-state index contributed by atoms with van der Waals surface area (Å²) in [6.07, 6.45) is 6.35. The minimum Gasteiger partial charge on any atom is -0.419 e. The topological polar surface area (TPSA) is 30.2 Å². The maximum atomic E-state index is 14.7. The van der Waals surface area contributed by atoms with Crippen LogP contribution in [0.1, 0.15) is 44.6 Å². The second-order valence-electron chi connectivity index (χ2n) is 6.01. The Bertz CT molecular complexity index is 880. The standard InChI is InChI=1S/C20H21FO2/c1-2-3-4-5-6-9-14-12-13-16-15-10-7-8-11-17(15)20(22)23-19(16)18(14)21/h7-8,10-13H,2-6,9H2,1H3. The largest absolute Gasteiger partial charge is 0.419 e. The van der Waals surface area contributed by atoms with Crippen LogP contribution >= 0.6 is 0 Å². The van der Waals surface area contributed by atoms with Gasteiger partial charge in [-0.1, -0.05) is 62.9 Å². The molecule has 3 rings (SSSR count). The molecule has 1 heterocycles. The third kappa shape index (κ3) is 3.14. The predicted octanol–water partition coefficient (Wildman–Crippen LogP) is 5.60. The summed E-state index contributed by atoms with van der Waals surface area (Å²) in [6, 6.07) is 10.9. The molecule has 2 aromatic carbocycles. The number of hydrogen-bond acceptors (Lipinski definition) is 2. The zero-order chi connectivity index (χ0) is 16.2. The van der Waals surface area contributed by atoms with Crippen LogP contribution < -0.4 is 5.63 Å². The molecule has 0 N–H and O–H groups in total. The first-order valence-electron chi connectivity index (χ1n) is 8.35. The zero-order valence-corrected chi connectivity index (χ0v) is 13.4. The monoisotopic (exact) mass is 312 g/mol. The highest BCUT2D eigenvalue weighted by Crippen LogP contribution is 2.27. The Kier molecular flexibility index (Phi) is 4.75. The maximum Gasteiger partial charge on any atom is 0.344 e. The molecular formula is C20H21FO2. The lowest BCUT2D eigenvalue weighted by Crippen LogP contribution is -2.02. The van der Waals surface area contributed by atoms with Crippen LogP contribution in [0, 0.1) is 5.82 Å². The van der Waals surface area contributed by atoms with Crippen LogP contribution in [0.2, 0.25) is 0 Å². The molecule has 0 aliphatic carbocycles. The summed E-state index contributed by atoms with van der Waals surface area (Å²) in [6.45, 7) is 2.18. The Labute approximate surface area is 134 Å². The van der Waals surface area contributed by atoms with Gasteiger partial charge in [-0.05, 0) is 24.5 Å². The molecule has 0 aliphatic heterocycles. The number of hydrogen-bond donors (Lipinski definition) is 0. The maximum absolute atomic E-state index is 14.7. The summed E-state index contributed by atoms with van der Waals surface area (Å²) in [5.41, 5.74) is 0.235. The van der Waals surface area contributed by atoms with E-state index in [-0.39, 0.29) is 11.4 Å². The van der Waals surface area contributed by atoms with Gasteiger partial charge in [0.15, 0.2) is 11.4 Å². The van der Waals surface area contributed by atoms with E-state index in [1.807, 2.05) is 24.3 Å². The van der Waals surface area contributed by atoms with Gasteiger partial charge < -0.3 is 4.42 Å². The smallest absolute Gasteiger partial charge is 0.344 e. The third-order valence-corrected chi connectivity index (χ3v) is 4.36. The van der Waals surface area contributed by atoms with Crippen LogP contribution in [0.3, 0.4) is 0 Å². The van der Waals surface area contributed by atoms with Gasteiger partial charge in [0.2, 0.25) is 0 Å². The zero-order valence-electron chi connectivity index (χ0n) is 13.4. The highest BCUT2D eigenvalue weighted by Gasteiger charge is 2.13. The van der Waals surface area contributed by atoms with Gasteiger partial charge >= 0.3 is 5.63 Å². The molecule has 0 radical (unpaired) electrons. The van der Waals surface area contributed by atoms with E-state index in [9.17, 15) is 9.18 Å². The molecule has 0 saturated carbocycles. The lowest BCUT2D eigenvalue weighted by Gasteiger charge is -2.07. The first kappa shape index (κ1) is 15.7. The molecule has 0 amide bonds. The van der Waals surface area contributed by atoms with Gasteiger partial charge in [0.25, 0.3) is 0 Å². The van der Waals surface area contributed by atoms with E-state index in [1.165, 1.54) is 19.3 Å². The Balaban J connectivity index is 1.96. The molecule has 1 aromatic heterocycles. The van der Waals surface area contributed by atoms with Crippen molar-refractivity contribution in [3.8, 4) is 0 Å². The van der Waals surface area contributed by atoms with Gasteiger partial charge in [-0.15, -0.1) is 0 Å². The molecule has 0 spiro atoms. The highest BCUT2D eigenvalue weighted by molar-refractivity contribution is 6.04.